The van der Waals surface area contributed by atoms with E-state index < -0.39 is 0 Å². The van der Waals surface area contributed by atoms with Crippen molar-refractivity contribution in [3.05, 3.63) is 23.2 Å². The first-order valence-electron chi connectivity index (χ1n) is 4.19. The quantitative estimate of drug-likeness (QED) is 0.696. The number of nitrogens with zero attached hydrogens (tertiary/aromatic N) is 3. The molecule has 1 saturated heterocycles. The molecule has 0 aromatic carbocycles. The van der Waals surface area contributed by atoms with Crippen molar-refractivity contribution in [2.45, 2.75) is 6.42 Å². The zero-order valence-electron chi connectivity index (χ0n) is 7.31. The predicted molar refractivity (Wildman–Crippen MR) is 48.6 cm³/mol. The summed E-state index contributed by atoms with van der Waals surface area (Å²) in [6, 6.07) is 0. The minimum Gasteiger partial charge on any atom is -0.271 e. The third kappa shape index (κ3) is 1.69. The molecule has 1 aliphatic rings. The summed E-state index contributed by atoms with van der Waals surface area (Å²) in [5.74, 6) is -0.310. The normalized spacial score (nSPS) is 15.9. The van der Waals surface area contributed by atoms with Gasteiger partial charge in [-0.3, -0.25) is 9.63 Å². The molecule has 2 heterocycles. The van der Waals surface area contributed by atoms with Crippen LogP contribution < -0.4 is 0 Å². The molecule has 0 atom stereocenters. The second-order valence-electron chi connectivity index (χ2n) is 2.81. The highest BCUT2D eigenvalue weighted by molar-refractivity contribution is 6.33. The smallest absolute Gasteiger partial charge is 0.271 e. The molecular weight excluding hydrogens is 206 g/mol. The van der Waals surface area contributed by atoms with E-state index in [0.29, 0.717) is 13.2 Å². The molecule has 0 unspecified atom stereocenters. The number of carbonyl (C=O) groups is 1. The Labute approximate surface area is 85.6 Å². The SMILES string of the molecule is O=C(c1ncncc1Cl)N1CCCO1. The number of hydroxylamine groups is 2. The van der Waals surface area contributed by atoms with Gasteiger partial charge in [-0.1, -0.05) is 11.6 Å². The van der Waals surface area contributed by atoms with E-state index in [9.17, 15) is 4.79 Å². The van der Waals surface area contributed by atoms with Gasteiger partial charge in [-0.2, -0.15) is 0 Å². The molecular formula is C8H8ClN3O2. The van der Waals surface area contributed by atoms with Gasteiger partial charge in [0.15, 0.2) is 5.69 Å². The highest BCUT2D eigenvalue weighted by Gasteiger charge is 2.23. The van der Waals surface area contributed by atoms with Crippen molar-refractivity contribution in [2.75, 3.05) is 13.2 Å². The van der Waals surface area contributed by atoms with Gasteiger partial charge in [-0.25, -0.2) is 15.0 Å². The Balaban J connectivity index is 2.22. The van der Waals surface area contributed by atoms with E-state index in [4.69, 9.17) is 16.4 Å². The number of hydrogen-bond donors (Lipinski definition) is 0. The lowest BCUT2D eigenvalue weighted by Gasteiger charge is -2.13. The maximum Gasteiger partial charge on any atom is 0.297 e. The van der Waals surface area contributed by atoms with Gasteiger partial charge in [0, 0.05) is 6.20 Å². The molecule has 0 radical (unpaired) electrons. The largest absolute Gasteiger partial charge is 0.297 e. The molecule has 1 fully saturated rings. The number of halogens is 1. The highest BCUT2D eigenvalue weighted by Crippen LogP contribution is 2.15. The molecule has 0 bridgehead atoms. The van der Waals surface area contributed by atoms with Gasteiger partial charge < -0.3 is 0 Å². The van der Waals surface area contributed by atoms with Crippen LogP contribution in [0.25, 0.3) is 0 Å². The van der Waals surface area contributed by atoms with Crippen molar-refractivity contribution >= 4 is 17.5 Å². The number of rotatable bonds is 1. The summed E-state index contributed by atoms with van der Waals surface area (Å²) in [4.78, 5) is 24.3. The summed E-state index contributed by atoms with van der Waals surface area (Å²) >= 11 is 5.77. The van der Waals surface area contributed by atoms with E-state index >= 15 is 0 Å². The van der Waals surface area contributed by atoms with Crippen LogP contribution in [0.5, 0.6) is 0 Å². The van der Waals surface area contributed by atoms with Crippen LogP contribution in [0.1, 0.15) is 16.9 Å². The molecule has 1 aliphatic heterocycles. The summed E-state index contributed by atoms with van der Waals surface area (Å²) in [7, 11) is 0. The lowest BCUT2D eigenvalue weighted by molar-refractivity contribution is -0.0771. The van der Waals surface area contributed by atoms with E-state index in [1.54, 1.807) is 0 Å². The maximum atomic E-state index is 11.7. The maximum absolute atomic E-state index is 11.7. The topological polar surface area (TPSA) is 55.3 Å². The number of carbonyl (C=O) groups excluding carboxylic acids is 1. The molecule has 1 aromatic rings. The minimum atomic E-state index is -0.310. The van der Waals surface area contributed by atoms with Gasteiger partial charge >= 0.3 is 0 Å². The van der Waals surface area contributed by atoms with Crippen molar-refractivity contribution in [2.24, 2.45) is 0 Å². The molecule has 5 nitrogen and oxygen atoms in total. The summed E-state index contributed by atoms with van der Waals surface area (Å²) in [6.45, 7) is 1.15. The van der Waals surface area contributed by atoms with E-state index in [1.165, 1.54) is 17.6 Å². The molecule has 14 heavy (non-hydrogen) atoms. The Kier molecular flexibility index (Phi) is 2.60. The molecule has 74 valence electrons. The van der Waals surface area contributed by atoms with Gasteiger partial charge in [0.25, 0.3) is 5.91 Å². The monoisotopic (exact) mass is 213 g/mol. The summed E-state index contributed by atoms with van der Waals surface area (Å²) in [5.41, 5.74) is 0.184. The average molecular weight is 214 g/mol. The first-order valence-corrected chi connectivity index (χ1v) is 4.57. The molecule has 0 spiro atoms. The van der Waals surface area contributed by atoms with Crippen molar-refractivity contribution < 1.29 is 9.63 Å². The highest BCUT2D eigenvalue weighted by atomic mass is 35.5. The fourth-order valence-corrected chi connectivity index (χ4v) is 1.38. The number of aromatic nitrogens is 2. The second-order valence-corrected chi connectivity index (χ2v) is 3.22. The van der Waals surface area contributed by atoms with Crippen molar-refractivity contribution in [1.29, 1.82) is 0 Å². The van der Waals surface area contributed by atoms with Crippen LogP contribution in [-0.2, 0) is 4.84 Å². The molecule has 1 amide bonds. The summed E-state index contributed by atoms with van der Waals surface area (Å²) < 4.78 is 0. The Bertz CT molecular complexity index is 352. The Morgan fingerprint density at radius 1 is 1.64 bits per heavy atom. The third-order valence-corrected chi connectivity index (χ3v) is 2.13. The van der Waals surface area contributed by atoms with Crippen LogP contribution in [0.2, 0.25) is 5.02 Å². The number of amides is 1. The Morgan fingerprint density at radius 2 is 2.50 bits per heavy atom. The van der Waals surface area contributed by atoms with Gasteiger partial charge in [0.2, 0.25) is 0 Å². The Morgan fingerprint density at radius 3 is 3.14 bits per heavy atom. The van der Waals surface area contributed by atoms with Crippen LogP contribution in [0.4, 0.5) is 0 Å². The van der Waals surface area contributed by atoms with Crippen LogP contribution in [-0.4, -0.2) is 34.1 Å². The molecule has 1 aromatic heterocycles. The van der Waals surface area contributed by atoms with Crippen molar-refractivity contribution in [3.63, 3.8) is 0 Å². The van der Waals surface area contributed by atoms with Gasteiger partial charge in [-0.15, -0.1) is 0 Å². The lowest BCUT2D eigenvalue weighted by Crippen LogP contribution is -2.27. The van der Waals surface area contributed by atoms with Crippen LogP contribution in [0, 0.1) is 0 Å². The van der Waals surface area contributed by atoms with Gasteiger partial charge in [0.1, 0.15) is 6.33 Å². The van der Waals surface area contributed by atoms with Crippen LogP contribution in [0.3, 0.4) is 0 Å². The van der Waals surface area contributed by atoms with Crippen LogP contribution in [0.15, 0.2) is 12.5 Å². The average Bonchev–Trinajstić information content (AvgIpc) is 2.70. The predicted octanol–water partition coefficient (Wildman–Crippen LogP) is 0.907. The lowest BCUT2D eigenvalue weighted by atomic mass is 10.3. The van der Waals surface area contributed by atoms with Gasteiger partial charge in [0.05, 0.1) is 18.2 Å². The van der Waals surface area contributed by atoms with Gasteiger partial charge in [-0.05, 0) is 6.42 Å². The fourth-order valence-electron chi connectivity index (χ4n) is 1.20. The summed E-state index contributed by atoms with van der Waals surface area (Å²) in [5, 5.41) is 1.52. The standard InChI is InChI=1S/C8H8ClN3O2/c9-6-4-10-5-11-7(6)8(13)12-2-1-3-14-12/h4-5H,1-3H2. The molecule has 6 heteroatoms. The van der Waals surface area contributed by atoms with Crippen LogP contribution >= 0.6 is 11.6 Å². The van der Waals surface area contributed by atoms with E-state index in [0.717, 1.165) is 6.42 Å². The van der Waals surface area contributed by atoms with E-state index in [1.807, 2.05) is 0 Å². The molecule has 2 rings (SSSR count). The Hall–Kier alpha value is -1.20. The van der Waals surface area contributed by atoms with E-state index in [2.05, 4.69) is 9.97 Å². The second kappa shape index (κ2) is 3.89. The first-order chi connectivity index (χ1) is 6.79. The number of hydrogen-bond acceptors (Lipinski definition) is 4. The molecule has 0 N–H and O–H groups in total. The zero-order valence-corrected chi connectivity index (χ0v) is 8.07. The zero-order chi connectivity index (χ0) is 9.97. The summed E-state index contributed by atoms with van der Waals surface area (Å²) in [6.07, 6.45) is 3.52. The molecule has 0 saturated carbocycles. The van der Waals surface area contributed by atoms with Crippen molar-refractivity contribution in [3.8, 4) is 0 Å². The van der Waals surface area contributed by atoms with E-state index in [-0.39, 0.29) is 16.6 Å². The first kappa shape index (κ1) is 9.36. The third-order valence-electron chi connectivity index (χ3n) is 1.85. The fraction of sp³-hybridized carbons (Fsp3) is 0.375. The molecule has 0 aliphatic carbocycles. The minimum absolute atomic E-state index is 0.184. The van der Waals surface area contributed by atoms with Crippen molar-refractivity contribution in [1.82, 2.24) is 15.0 Å².